The van der Waals surface area contributed by atoms with Gasteiger partial charge in [-0.25, -0.2) is 0 Å². The number of benzene rings is 2. The molecule has 0 atom stereocenters. The first kappa shape index (κ1) is 14.3. The van der Waals surface area contributed by atoms with E-state index in [4.69, 9.17) is 0 Å². The van der Waals surface area contributed by atoms with Crippen LogP contribution in [-0.4, -0.2) is 13.1 Å². The Balaban J connectivity index is 2.02. The van der Waals surface area contributed by atoms with Crippen LogP contribution in [0.15, 0.2) is 48.5 Å². The molecule has 0 aromatic heterocycles. The normalized spacial score (nSPS) is 16.3. The van der Waals surface area contributed by atoms with Crippen LogP contribution in [-0.2, 0) is 0 Å². The molecule has 3 rings (SSSR count). The largest absolute Gasteiger partial charge is 0.317 e. The highest BCUT2D eigenvalue weighted by Gasteiger charge is 2.17. The van der Waals surface area contributed by atoms with Gasteiger partial charge in [-0.15, -0.1) is 0 Å². The lowest BCUT2D eigenvalue weighted by Gasteiger charge is -2.24. The number of nitrogens with one attached hydrogen (secondary N) is 1. The summed E-state index contributed by atoms with van der Waals surface area (Å²) < 4.78 is 0. The van der Waals surface area contributed by atoms with E-state index in [-0.39, 0.29) is 0 Å². The van der Waals surface area contributed by atoms with E-state index in [1.165, 1.54) is 35.1 Å². The van der Waals surface area contributed by atoms with Crippen molar-refractivity contribution in [3.05, 3.63) is 59.7 Å². The molecule has 2 aromatic carbocycles. The third-order valence-electron chi connectivity index (χ3n) is 4.59. The van der Waals surface area contributed by atoms with Gasteiger partial charge in [0.15, 0.2) is 0 Å². The summed E-state index contributed by atoms with van der Waals surface area (Å²) in [4.78, 5) is 0. The summed E-state index contributed by atoms with van der Waals surface area (Å²) in [5.74, 6) is 1.28. The molecule has 0 unspecified atom stereocenters. The minimum absolute atomic E-state index is 0.558. The van der Waals surface area contributed by atoms with Crippen LogP contribution >= 0.6 is 0 Å². The molecule has 0 amide bonds. The maximum Gasteiger partial charge on any atom is -0.00431 e. The molecule has 1 heteroatoms. The van der Waals surface area contributed by atoms with Crippen LogP contribution in [0.25, 0.3) is 11.1 Å². The second-order valence-electron chi connectivity index (χ2n) is 6.39. The van der Waals surface area contributed by atoms with Crippen molar-refractivity contribution in [2.24, 2.45) is 0 Å². The number of rotatable bonds is 3. The van der Waals surface area contributed by atoms with Gasteiger partial charge in [0.25, 0.3) is 0 Å². The van der Waals surface area contributed by atoms with E-state index in [0.717, 1.165) is 19.0 Å². The van der Waals surface area contributed by atoms with Crippen molar-refractivity contribution in [3.8, 4) is 11.1 Å². The first-order chi connectivity index (χ1) is 10.3. The number of hydrogen-bond donors (Lipinski definition) is 1. The molecule has 0 saturated carbocycles. The Morgan fingerprint density at radius 2 is 1.67 bits per heavy atom. The first-order valence-electron chi connectivity index (χ1n) is 8.15. The van der Waals surface area contributed by atoms with Crippen LogP contribution < -0.4 is 5.32 Å². The topological polar surface area (TPSA) is 12.0 Å². The lowest BCUT2D eigenvalue weighted by Crippen LogP contribution is -2.26. The molecule has 1 N–H and O–H groups in total. The first-order valence-corrected chi connectivity index (χ1v) is 8.15. The van der Waals surface area contributed by atoms with Crippen molar-refractivity contribution in [2.45, 2.75) is 38.5 Å². The minimum Gasteiger partial charge on any atom is -0.317 e. The standard InChI is InChI=1S/C20H25N/c1-15(2)19-9-8-18(16-10-12-21-13-11-16)14-20(19)17-6-4-3-5-7-17/h3-9,14-16,21H,10-13H2,1-2H3. The molecule has 1 aliphatic heterocycles. The fourth-order valence-electron chi connectivity index (χ4n) is 3.35. The predicted octanol–water partition coefficient (Wildman–Crippen LogP) is 4.94. The van der Waals surface area contributed by atoms with Gasteiger partial charge in [0.1, 0.15) is 0 Å². The molecule has 0 spiro atoms. The van der Waals surface area contributed by atoms with E-state index >= 15 is 0 Å². The highest BCUT2D eigenvalue weighted by molar-refractivity contribution is 5.69. The third-order valence-corrected chi connectivity index (χ3v) is 4.59. The molecule has 1 heterocycles. The summed E-state index contributed by atoms with van der Waals surface area (Å²) in [6, 6.07) is 18.0. The summed E-state index contributed by atoms with van der Waals surface area (Å²) >= 11 is 0. The van der Waals surface area contributed by atoms with Gasteiger partial charge < -0.3 is 5.32 Å². The second-order valence-corrected chi connectivity index (χ2v) is 6.39. The van der Waals surface area contributed by atoms with E-state index in [9.17, 15) is 0 Å². The van der Waals surface area contributed by atoms with Crippen LogP contribution in [0.3, 0.4) is 0 Å². The third kappa shape index (κ3) is 3.19. The van der Waals surface area contributed by atoms with Gasteiger partial charge in [0.2, 0.25) is 0 Å². The van der Waals surface area contributed by atoms with Crippen molar-refractivity contribution in [3.63, 3.8) is 0 Å². The molecule has 2 aromatic rings. The summed E-state index contributed by atoms with van der Waals surface area (Å²) in [6.45, 7) is 6.87. The summed E-state index contributed by atoms with van der Waals surface area (Å²) in [7, 11) is 0. The molecule has 1 nitrogen and oxygen atoms in total. The average Bonchev–Trinajstić information content (AvgIpc) is 2.56. The zero-order valence-corrected chi connectivity index (χ0v) is 13.1. The van der Waals surface area contributed by atoms with E-state index in [2.05, 4.69) is 67.7 Å². The van der Waals surface area contributed by atoms with Crippen molar-refractivity contribution < 1.29 is 0 Å². The van der Waals surface area contributed by atoms with Crippen molar-refractivity contribution in [2.75, 3.05) is 13.1 Å². The van der Waals surface area contributed by atoms with Crippen molar-refractivity contribution >= 4 is 0 Å². The maximum atomic E-state index is 3.46. The van der Waals surface area contributed by atoms with Crippen molar-refractivity contribution in [1.29, 1.82) is 0 Å². The Morgan fingerprint density at radius 3 is 2.33 bits per heavy atom. The molecule has 1 aliphatic rings. The monoisotopic (exact) mass is 279 g/mol. The molecular formula is C20H25N. The zero-order chi connectivity index (χ0) is 14.7. The molecule has 1 saturated heterocycles. The summed E-state index contributed by atoms with van der Waals surface area (Å²) in [5, 5.41) is 3.46. The van der Waals surface area contributed by atoms with E-state index in [1.807, 2.05) is 0 Å². The van der Waals surface area contributed by atoms with Crippen molar-refractivity contribution in [1.82, 2.24) is 5.32 Å². The SMILES string of the molecule is CC(C)c1ccc(C2CCNCC2)cc1-c1ccccc1. The summed E-state index contributed by atoms with van der Waals surface area (Å²) in [6.07, 6.45) is 2.52. The number of hydrogen-bond acceptors (Lipinski definition) is 1. The van der Waals surface area contributed by atoms with E-state index in [1.54, 1.807) is 0 Å². The van der Waals surface area contributed by atoms with Gasteiger partial charge in [0, 0.05) is 0 Å². The summed E-state index contributed by atoms with van der Waals surface area (Å²) in [5.41, 5.74) is 5.73. The molecule has 1 fully saturated rings. The quantitative estimate of drug-likeness (QED) is 0.838. The molecule has 21 heavy (non-hydrogen) atoms. The van der Waals surface area contributed by atoms with E-state index in [0.29, 0.717) is 5.92 Å². The molecule has 0 aliphatic carbocycles. The molecule has 0 radical (unpaired) electrons. The fourth-order valence-corrected chi connectivity index (χ4v) is 3.35. The fraction of sp³-hybridized carbons (Fsp3) is 0.400. The van der Waals surface area contributed by atoms with Gasteiger partial charge in [0.05, 0.1) is 0 Å². The van der Waals surface area contributed by atoms with E-state index < -0.39 is 0 Å². The van der Waals surface area contributed by atoms with Gasteiger partial charge >= 0.3 is 0 Å². The minimum atomic E-state index is 0.558. The Labute approximate surface area is 128 Å². The molecule has 0 bridgehead atoms. The van der Waals surface area contributed by atoms with Crippen LogP contribution in [0.1, 0.15) is 49.7 Å². The predicted molar refractivity (Wildman–Crippen MR) is 90.8 cm³/mol. The lowest BCUT2D eigenvalue weighted by molar-refractivity contribution is 0.460. The highest BCUT2D eigenvalue weighted by atomic mass is 14.9. The van der Waals surface area contributed by atoms with Gasteiger partial charge in [-0.1, -0.05) is 62.4 Å². The van der Waals surface area contributed by atoms with Gasteiger partial charge in [-0.3, -0.25) is 0 Å². The smallest absolute Gasteiger partial charge is 0.00431 e. The Hall–Kier alpha value is -1.60. The van der Waals surface area contributed by atoms with Gasteiger partial charge in [-0.05, 0) is 60.0 Å². The maximum absolute atomic E-state index is 3.46. The Bertz CT molecular complexity index is 580. The highest BCUT2D eigenvalue weighted by Crippen LogP contribution is 2.34. The number of piperidine rings is 1. The molecular weight excluding hydrogens is 254 g/mol. The Morgan fingerprint density at radius 1 is 0.952 bits per heavy atom. The molecule has 110 valence electrons. The van der Waals surface area contributed by atoms with Crippen LogP contribution in [0.2, 0.25) is 0 Å². The van der Waals surface area contributed by atoms with Gasteiger partial charge in [-0.2, -0.15) is 0 Å². The van der Waals surface area contributed by atoms with Crippen LogP contribution in [0, 0.1) is 0 Å². The van der Waals surface area contributed by atoms with Crippen LogP contribution in [0.4, 0.5) is 0 Å². The Kier molecular flexibility index (Phi) is 4.40. The van der Waals surface area contributed by atoms with Crippen LogP contribution in [0.5, 0.6) is 0 Å². The second kappa shape index (κ2) is 6.44. The lowest BCUT2D eigenvalue weighted by atomic mass is 9.85. The zero-order valence-electron chi connectivity index (χ0n) is 13.1. The average molecular weight is 279 g/mol.